The van der Waals surface area contributed by atoms with E-state index in [1.807, 2.05) is 0 Å². The Bertz CT molecular complexity index is 323. The highest BCUT2D eigenvalue weighted by atomic mass is 19.4. The fourth-order valence-electron chi connectivity index (χ4n) is 1.22. The zero-order valence-corrected chi connectivity index (χ0v) is 8.08. The van der Waals surface area contributed by atoms with Crippen LogP contribution in [0, 0.1) is 0 Å². The van der Waals surface area contributed by atoms with E-state index < -0.39 is 12.3 Å². The van der Waals surface area contributed by atoms with Crippen molar-refractivity contribution in [2.24, 2.45) is 0 Å². The number of phenols is 1. The van der Waals surface area contributed by atoms with Crippen LogP contribution in [0.4, 0.5) is 13.2 Å². The summed E-state index contributed by atoms with van der Waals surface area (Å²) >= 11 is 0. The molecule has 0 saturated carbocycles. The molecule has 84 valence electrons. The van der Waals surface area contributed by atoms with Gasteiger partial charge in [0.25, 0.3) is 0 Å². The molecule has 15 heavy (non-hydrogen) atoms. The monoisotopic (exact) mass is 220 g/mol. The Morgan fingerprint density at radius 2 is 1.93 bits per heavy atom. The molecule has 0 spiro atoms. The van der Waals surface area contributed by atoms with Crippen LogP contribution in [0.3, 0.4) is 0 Å². The van der Waals surface area contributed by atoms with Crippen molar-refractivity contribution in [2.75, 3.05) is 7.11 Å². The molecule has 0 fully saturated rings. The summed E-state index contributed by atoms with van der Waals surface area (Å²) in [6, 6.07) is 5.90. The van der Waals surface area contributed by atoms with Crippen LogP contribution < -0.4 is 0 Å². The number of ether oxygens (including phenoxy) is 1. The van der Waals surface area contributed by atoms with Crippen LogP contribution in [-0.2, 0) is 11.2 Å². The summed E-state index contributed by atoms with van der Waals surface area (Å²) in [7, 11) is 0.998. The predicted molar refractivity (Wildman–Crippen MR) is 48.7 cm³/mol. The molecule has 5 heteroatoms. The van der Waals surface area contributed by atoms with E-state index in [4.69, 9.17) is 0 Å². The zero-order chi connectivity index (χ0) is 11.5. The number of phenolic OH excluding ortho intramolecular Hbond substituents is 1. The van der Waals surface area contributed by atoms with Gasteiger partial charge in [-0.15, -0.1) is 0 Å². The second kappa shape index (κ2) is 4.53. The molecule has 0 bridgehead atoms. The van der Waals surface area contributed by atoms with E-state index in [1.165, 1.54) is 12.1 Å². The van der Waals surface area contributed by atoms with Crippen LogP contribution in [0.25, 0.3) is 0 Å². The highest BCUT2D eigenvalue weighted by Gasteiger charge is 2.40. The Hall–Kier alpha value is -1.23. The van der Waals surface area contributed by atoms with Gasteiger partial charge in [0.15, 0.2) is 6.10 Å². The number of rotatable bonds is 3. The maximum atomic E-state index is 12.3. The minimum absolute atomic E-state index is 0.149. The molecular weight excluding hydrogens is 209 g/mol. The summed E-state index contributed by atoms with van der Waals surface area (Å²) in [5.74, 6) is -0.149. The van der Waals surface area contributed by atoms with Gasteiger partial charge in [0.2, 0.25) is 0 Å². The van der Waals surface area contributed by atoms with Crippen molar-refractivity contribution in [3.8, 4) is 5.75 Å². The number of benzene rings is 1. The first kappa shape index (κ1) is 11.8. The smallest absolute Gasteiger partial charge is 0.414 e. The third kappa shape index (κ3) is 3.13. The highest BCUT2D eigenvalue weighted by Crippen LogP contribution is 2.27. The first-order valence-electron chi connectivity index (χ1n) is 4.31. The average Bonchev–Trinajstić information content (AvgIpc) is 2.14. The van der Waals surface area contributed by atoms with Crippen molar-refractivity contribution in [1.29, 1.82) is 0 Å². The number of halogens is 3. The van der Waals surface area contributed by atoms with Crippen molar-refractivity contribution in [3.05, 3.63) is 29.8 Å². The summed E-state index contributed by atoms with van der Waals surface area (Å²) in [4.78, 5) is 0. The first-order valence-corrected chi connectivity index (χ1v) is 4.31. The van der Waals surface area contributed by atoms with Gasteiger partial charge in [-0.25, -0.2) is 0 Å². The van der Waals surface area contributed by atoms with E-state index in [0.717, 1.165) is 7.11 Å². The Balaban J connectivity index is 2.80. The van der Waals surface area contributed by atoms with Gasteiger partial charge < -0.3 is 9.84 Å². The number of aromatic hydroxyl groups is 1. The molecule has 1 aromatic carbocycles. The molecule has 0 heterocycles. The molecule has 0 aromatic heterocycles. The fourth-order valence-corrected chi connectivity index (χ4v) is 1.22. The number of alkyl halides is 3. The molecule has 0 radical (unpaired) electrons. The van der Waals surface area contributed by atoms with Gasteiger partial charge in [-0.3, -0.25) is 0 Å². The van der Waals surface area contributed by atoms with Gasteiger partial charge in [0, 0.05) is 13.5 Å². The topological polar surface area (TPSA) is 29.5 Å². The van der Waals surface area contributed by atoms with Gasteiger partial charge in [-0.05, 0) is 11.6 Å². The lowest BCUT2D eigenvalue weighted by Crippen LogP contribution is -2.32. The van der Waals surface area contributed by atoms with E-state index in [0.29, 0.717) is 0 Å². The van der Waals surface area contributed by atoms with Crippen LogP contribution in [0.2, 0.25) is 0 Å². The van der Waals surface area contributed by atoms with Crippen molar-refractivity contribution < 1.29 is 23.0 Å². The van der Waals surface area contributed by atoms with E-state index >= 15 is 0 Å². The predicted octanol–water partition coefficient (Wildman–Crippen LogP) is 2.51. The highest BCUT2D eigenvalue weighted by molar-refractivity contribution is 5.32. The van der Waals surface area contributed by atoms with E-state index in [1.54, 1.807) is 12.1 Å². The molecule has 1 unspecified atom stereocenters. The van der Waals surface area contributed by atoms with E-state index in [-0.39, 0.29) is 17.7 Å². The Labute approximate surface area is 85.3 Å². The van der Waals surface area contributed by atoms with Crippen LogP contribution >= 0.6 is 0 Å². The maximum absolute atomic E-state index is 12.3. The van der Waals surface area contributed by atoms with Crippen molar-refractivity contribution in [3.63, 3.8) is 0 Å². The zero-order valence-electron chi connectivity index (χ0n) is 8.08. The second-order valence-corrected chi connectivity index (χ2v) is 3.10. The van der Waals surface area contributed by atoms with Crippen LogP contribution in [-0.4, -0.2) is 24.5 Å². The molecule has 0 amide bonds. The summed E-state index contributed by atoms with van der Waals surface area (Å²) in [6.45, 7) is 0. The molecular formula is C10H11F3O2. The van der Waals surface area contributed by atoms with Crippen LogP contribution in [0.5, 0.6) is 5.75 Å². The van der Waals surface area contributed by atoms with Gasteiger partial charge in [-0.2, -0.15) is 13.2 Å². The Morgan fingerprint density at radius 3 is 2.40 bits per heavy atom. The summed E-state index contributed by atoms with van der Waals surface area (Å²) < 4.78 is 41.3. The molecule has 1 aromatic rings. The van der Waals surface area contributed by atoms with Crippen molar-refractivity contribution >= 4 is 0 Å². The Morgan fingerprint density at radius 1 is 1.33 bits per heavy atom. The number of para-hydroxylation sites is 1. The lowest BCUT2D eigenvalue weighted by molar-refractivity contribution is -0.212. The average molecular weight is 220 g/mol. The van der Waals surface area contributed by atoms with E-state index in [9.17, 15) is 18.3 Å². The van der Waals surface area contributed by atoms with Gasteiger partial charge in [0.05, 0.1) is 0 Å². The summed E-state index contributed by atoms with van der Waals surface area (Å²) in [5, 5.41) is 9.30. The molecule has 0 aliphatic heterocycles. The minimum Gasteiger partial charge on any atom is -0.508 e. The minimum atomic E-state index is -4.42. The molecule has 2 nitrogen and oxygen atoms in total. The maximum Gasteiger partial charge on any atom is 0.414 e. The van der Waals surface area contributed by atoms with Gasteiger partial charge in [-0.1, -0.05) is 18.2 Å². The Kier molecular flexibility index (Phi) is 3.57. The number of methoxy groups -OCH3 is 1. The quantitative estimate of drug-likeness (QED) is 0.848. The van der Waals surface area contributed by atoms with Gasteiger partial charge >= 0.3 is 6.18 Å². The summed E-state index contributed by atoms with van der Waals surface area (Å²) in [6.07, 6.45) is -6.69. The summed E-state index contributed by atoms with van der Waals surface area (Å²) in [5.41, 5.74) is 0.224. The fraction of sp³-hybridized carbons (Fsp3) is 0.400. The van der Waals surface area contributed by atoms with Crippen molar-refractivity contribution in [1.82, 2.24) is 0 Å². The molecule has 1 N–H and O–H groups in total. The van der Waals surface area contributed by atoms with E-state index in [2.05, 4.69) is 4.74 Å². The molecule has 1 rings (SSSR count). The SMILES string of the molecule is COC(Cc1ccccc1O)C(F)(F)F. The molecule has 0 saturated heterocycles. The second-order valence-electron chi connectivity index (χ2n) is 3.10. The van der Waals surface area contributed by atoms with Gasteiger partial charge in [0.1, 0.15) is 5.75 Å². The first-order chi connectivity index (χ1) is 6.95. The third-order valence-electron chi connectivity index (χ3n) is 2.05. The number of hydrogen-bond donors (Lipinski definition) is 1. The van der Waals surface area contributed by atoms with Crippen LogP contribution in [0.15, 0.2) is 24.3 Å². The van der Waals surface area contributed by atoms with Crippen LogP contribution in [0.1, 0.15) is 5.56 Å². The number of hydrogen-bond acceptors (Lipinski definition) is 2. The van der Waals surface area contributed by atoms with Crippen molar-refractivity contribution in [2.45, 2.75) is 18.7 Å². The third-order valence-corrected chi connectivity index (χ3v) is 2.05. The lowest BCUT2D eigenvalue weighted by atomic mass is 10.1. The normalized spacial score (nSPS) is 13.9. The largest absolute Gasteiger partial charge is 0.508 e. The lowest BCUT2D eigenvalue weighted by Gasteiger charge is -2.18. The standard InChI is InChI=1S/C10H11F3O2/c1-15-9(10(11,12)13)6-7-4-2-3-5-8(7)14/h2-5,9,14H,6H2,1H3. The molecule has 0 aliphatic carbocycles. The molecule has 1 atom stereocenters. The molecule has 0 aliphatic rings.